The Morgan fingerprint density at radius 2 is 1.92 bits per heavy atom. The first kappa shape index (κ1) is 14.6. The van der Waals surface area contributed by atoms with Gasteiger partial charge in [0.25, 0.3) is 5.89 Å². The maximum atomic E-state index is 5.28. The van der Waals surface area contributed by atoms with Gasteiger partial charge in [0.1, 0.15) is 5.82 Å². The number of pyridine rings is 1. The molecule has 24 heavy (non-hydrogen) atoms. The van der Waals surface area contributed by atoms with Gasteiger partial charge in [0.15, 0.2) is 5.75 Å². The lowest BCUT2D eigenvalue weighted by Gasteiger charge is -2.06. The smallest absolute Gasteiger partial charge is 0.296 e. The molecule has 0 aliphatic heterocycles. The summed E-state index contributed by atoms with van der Waals surface area (Å²) < 4.78 is 10.3. The molecular formula is C16H16N6O2. The minimum Gasteiger partial charge on any atom is -0.494 e. The predicted molar refractivity (Wildman–Crippen MR) is 86.5 cm³/mol. The van der Waals surface area contributed by atoms with Crippen LogP contribution >= 0.6 is 0 Å². The molecule has 1 saturated carbocycles. The first-order chi connectivity index (χ1) is 11.7. The second-order valence-electron chi connectivity index (χ2n) is 5.67. The van der Waals surface area contributed by atoms with E-state index in [1.807, 2.05) is 19.1 Å². The van der Waals surface area contributed by atoms with E-state index < -0.39 is 0 Å². The van der Waals surface area contributed by atoms with Gasteiger partial charge in [-0.3, -0.25) is 0 Å². The number of rotatable bonds is 5. The third-order valence-electron chi connectivity index (χ3n) is 3.62. The third kappa shape index (κ3) is 3.03. The van der Waals surface area contributed by atoms with E-state index in [-0.39, 0.29) is 5.89 Å². The van der Waals surface area contributed by atoms with E-state index in [1.54, 1.807) is 19.5 Å². The van der Waals surface area contributed by atoms with Crippen molar-refractivity contribution in [2.24, 2.45) is 0 Å². The second-order valence-corrected chi connectivity index (χ2v) is 5.67. The molecule has 3 heterocycles. The van der Waals surface area contributed by atoms with Crippen LogP contribution in [0.3, 0.4) is 0 Å². The van der Waals surface area contributed by atoms with Crippen LogP contribution in [0.15, 0.2) is 29.0 Å². The van der Waals surface area contributed by atoms with Crippen LogP contribution in [0.5, 0.6) is 5.75 Å². The van der Waals surface area contributed by atoms with Crippen molar-refractivity contribution in [1.29, 1.82) is 0 Å². The number of ether oxygens (including phenoxy) is 1. The topological polar surface area (TPSA) is 98.9 Å². The molecule has 0 unspecified atom stereocenters. The highest BCUT2D eigenvalue weighted by molar-refractivity contribution is 5.62. The van der Waals surface area contributed by atoms with E-state index in [1.165, 1.54) is 12.8 Å². The average Bonchev–Trinajstić information content (AvgIpc) is 3.26. The number of aromatic nitrogens is 5. The van der Waals surface area contributed by atoms with Crippen molar-refractivity contribution in [3.63, 3.8) is 0 Å². The summed E-state index contributed by atoms with van der Waals surface area (Å²) in [6.07, 6.45) is 5.49. The number of nitrogens with zero attached hydrogens (tertiary/aromatic N) is 5. The predicted octanol–water partition coefficient (Wildman–Crippen LogP) is 2.48. The van der Waals surface area contributed by atoms with Crippen molar-refractivity contribution in [2.75, 3.05) is 12.4 Å². The molecule has 0 radical (unpaired) electrons. The number of hydrogen-bond donors (Lipinski definition) is 1. The molecule has 1 fully saturated rings. The molecule has 3 aromatic rings. The summed E-state index contributed by atoms with van der Waals surface area (Å²) in [5.41, 5.74) is 1.73. The molecule has 0 saturated heterocycles. The van der Waals surface area contributed by atoms with E-state index in [0.717, 1.165) is 17.1 Å². The van der Waals surface area contributed by atoms with Crippen LogP contribution in [0.2, 0.25) is 0 Å². The van der Waals surface area contributed by atoms with Crippen LogP contribution in [-0.4, -0.2) is 38.2 Å². The van der Waals surface area contributed by atoms with E-state index in [9.17, 15) is 0 Å². The average molecular weight is 324 g/mol. The Hall–Kier alpha value is -3.03. The largest absolute Gasteiger partial charge is 0.494 e. The van der Waals surface area contributed by atoms with Gasteiger partial charge in [-0.25, -0.2) is 15.0 Å². The lowest BCUT2D eigenvalue weighted by Crippen LogP contribution is -2.04. The normalized spacial score (nSPS) is 13.8. The number of hydrogen-bond acceptors (Lipinski definition) is 8. The van der Waals surface area contributed by atoms with Crippen LogP contribution < -0.4 is 10.1 Å². The Bertz CT molecular complexity index is 857. The summed E-state index contributed by atoms with van der Waals surface area (Å²) in [5, 5.41) is 7.41. The Labute approximate surface area is 138 Å². The molecule has 0 bridgehead atoms. The molecule has 8 heteroatoms. The van der Waals surface area contributed by atoms with Crippen molar-refractivity contribution in [3.8, 4) is 28.9 Å². The molecular weight excluding hydrogens is 308 g/mol. The molecule has 1 aliphatic carbocycles. The second kappa shape index (κ2) is 5.88. The molecule has 0 aromatic carbocycles. The van der Waals surface area contributed by atoms with E-state index >= 15 is 0 Å². The fourth-order valence-corrected chi connectivity index (χ4v) is 2.27. The summed E-state index contributed by atoms with van der Waals surface area (Å²) in [7, 11) is 1.56. The number of nitrogens with one attached hydrogen (secondary N) is 1. The highest BCUT2D eigenvalue weighted by Gasteiger charge is 2.22. The molecule has 122 valence electrons. The van der Waals surface area contributed by atoms with Crippen molar-refractivity contribution in [1.82, 2.24) is 25.1 Å². The standard InChI is InChI=1S/C16H16N6O2/c1-9-5-10(6-13(19-9)20-11-3-4-11)14-21-16(24-22-14)15-17-7-12(23-2)8-18-15/h5-8,11H,3-4H2,1-2H3,(H,19,20). The van der Waals surface area contributed by atoms with Gasteiger partial charge in [-0.05, 0) is 31.9 Å². The van der Waals surface area contributed by atoms with Crippen molar-refractivity contribution >= 4 is 5.82 Å². The summed E-state index contributed by atoms with van der Waals surface area (Å²) >= 11 is 0. The molecule has 4 rings (SSSR count). The summed E-state index contributed by atoms with van der Waals surface area (Å²) in [6, 6.07) is 4.37. The van der Waals surface area contributed by atoms with Gasteiger partial charge in [0.05, 0.1) is 19.5 Å². The number of aryl methyl sites for hydroxylation is 1. The molecule has 0 spiro atoms. The molecule has 0 amide bonds. The van der Waals surface area contributed by atoms with Crippen molar-refractivity contribution in [3.05, 3.63) is 30.2 Å². The van der Waals surface area contributed by atoms with Gasteiger partial charge in [0, 0.05) is 17.3 Å². The Morgan fingerprint density at radius 3 is 2.62 bits per heavy atom. The van der Waals surface area contributed by atoms with Crippen molar-refractivity contribution in [2.45, 2.75) is 25.8 Å². The molecule has 1 aliphatic rings. The van der Waals surface area contributed by atoms with E-state index in [2.05, 4.69) is 30.4 Å². The van der Waals surface area contributed by atoms with Gasteiger partial charge >= 0.3 is 0 Å². The van der Waals surface area contributed by atoms with Crippen molar-refractivity contribution < 1.29 is 9.26 Å². The fourth-order valence-electron chi connectivity index (χ4n) is 2.27. The lowest BCUT2D eigenvalue weighted by atomic mass is 10.2. The van der Waals surface area contributed by atoms with Crippen LogP contribution in [0.25, 0.3) is 23.1 Å². The van der Waals surface area contributed by atoms with E-state index in [0.29, 0.717) is 23.4 Å². The van der Waals surface area contributed by atoms with Gasteiger partial charge in [-0.2, -0.15) is 4.98 Å². The van der Waals surface area contributed by atoms with Crippen LogP contribution in [0.1, 0.15) is 18.5 Å². The number of methoxy groups -OCH3 is 1. The molecule has 0 atom stereocenters. The lowest BCUT2D eigenvalue weighted by molar-refractivity contribution is 0.409. The minimum absolute atomic E-state index is 0.263. The Morgan fingerprint density at radius 1 is 1.12 bits per heavy atom. The minimum atomic E-state index is 0.263. The van der Waals surface area contributed by atoms with Crippen LogP contribution in [-0.2, 0) is 0 Å². The summed E-state index contributed by atoms with van der Waals surface area (Å²) in [6.45, 7) is 1.94. The SMILES string of the molecule is COc1cnc(-c2nc(-c3cc(C)nc(NC4CC4)c3)no2)nc1. The first-order valence-corrected chi connectivity index (χ1v) is 7.67. The quantitative estimate of drug-likeness (QED) is 0.764. The zero-order chi connectivity index (χ0) is 16.5. The maximum Gasteiger partial charge on any atom is 0.296 e. The Balaban J connectivity index is 1.62. The third-order valence-corrected chi connectivity index (χ3v) is 3.62. The highest BCUT2D eigenvalue weighted by Crippen LogP contribution is 2.27. The monoisotopic (exact) mass is 324 g/mol. The molecule has 3 aromatic heterocycles. The van der Waals surface area contributed by atoms with E-state index in [4.69, 9.17) is 9.26 Å². The van der Waals surface area contributed by atoms with Crippen LogP contribution in [0.4, 0.5) is 5.82 Å². The van der Waals surface area contributed by atoms with Gasteiger partial charge in [-0.1, -0.05) is 5.16 Å². The first-order valence-electron chi connectivity index (χ1n) is 7.67. The Kier molecular flexibility index (Phi) is 3.56. The molecule has 1 N–H and O–H groups in total. The number of anilines is 1. The molecule has 8 nitrogen and oxygen atoms in total. The zero-order valence-corrected chi connectivity index (χ0v) is 13.4. The van der Waals surface area contributed by atoms with Gasteiger partial charge in [0.2, 0.25) is 11.6 Å². The maximum absolute atomic E-state index is 5.28. The van der Waals surface area contributed by atoms with Gasteiger partial charge < -0.3 is 14.6 Å². The fraction of sp³-hybridized carbons (Fsp3) is 0.312. The van der Waals surface area contributed by atoms with Crippen LogP contribution in [0, 0.1) is 6.92 Å². The summed E-state index contributed by atoms with van der Waals surface area (Å²) in [5.74, 6) is 2.50. The zero-order valence-electron chi connectivity index (χ0n) is 13.4. The van der Waals surface area contributed by atoms with Gasteiger partial charge in [-0.15, -0.1) is 0 Å². The highest BCUT2D eigenvalue weighted by atomic mass is 16.5. The summed E-state index contributed by atoms with van der Waals surface area (Å²) in [4.78, 5) is 17.2.